The molecular weight excluding hydrogens is 381 g/mol. The SMILES string of the molecule is CC(N)(C(=O)NCc1cccc(CN2CCCC2)c1)c1ccccc1.Cl.Cl. The Morgan fingerprint density at radius 2 is 1.67 bits per heavy atom. The van der Waals surface area contributed by atoms with Crippen LogP contribution in [0.15, 0.2) is 54.6 Å². The van der Waals surface area contributed by atoms with Gasteiger partial charge in [0.05, 0.1) is 0 Å². The molecule has 0 aromatic heterocycles. The summed E-state index contributed by atoms with van der Waals surface area (Å²) < 4.78 is 0. The Labute approximate surface area is 174 Å². The zero-order chi connectivity index (χ0) is 17.7. The first kappa shape index (κ1) is 23.4. The van der Waals surface area contributed by atoms with E-state index in [2.05, 4.69) is 28.4 Å². The third-order valence-corrected chi connectivity index (χ3v) is 4.89. The molecule has 2 aromatic rings. The van der Waals surface area contributed by atoms with E-state index in [1.165, 1.54) is 31.5 Å². The molecule has 1 unspecified atom stereocenters. The lowest BCUT2D eigenvalue weighted by molar-refractivity contribution is -0.126. The van der Waals surface area contributed by atoms with E-state index >= 15 is 0 Å². The van der Waals surface area contributed by atoms with Crippen molar-refractivity contribution < 1.29 is 4.79 Å². The summed E-state index contributed by atoms with van der Waals surface area (Å²) in [6, 6.07) is 17.9. The van der Waals surface area contributed by atoms with Gasteiger partial charge in [-0.3, -0.25) is 9.69 Å². The number of nitrogens with two attached hydrogens (primary N) is 1. The van der Waals surface area contributed by atoms with Gasteiger partial charge in [-0.05, 0) is 49.5 Å². The van der Waals surface area contributed by atoms with Gasteiger partial charge < -0.3 is 11.1 Å². The first-order valence-corrected chi connectivity index (χ1v) is 8.98. The van der Waals surface area contributed by atoms with Gasteiger partial charge in [0.1, 0.15) is 5.54 Å². The smallest absolute Gasteiger partial charge is 0.244 e. The fraction of sp³-hybridized carbons (Fsp3) is 0.381. The molecule has 1 atom stereocenters. The summed E-state index contributed by atoms with van der Waals surface area (Å²) in [5, 5.41) is 2.98. The molecule has 3 rings (SSSR count). The Morgan fingerprint density at radius 3 is 2.33 bits per heavy atom. The molecule has 0 radical (unpaired) electrons. The summed E-state index contributed by atoms with van der Waals surface area (Å²) in [6.45, 7) is 5.60. The molecule has 1 amide bonds. The number of nitrogens with one attached hydrogen (secondary N) is 1. The molecule has 4 nitrogen and oxygen atoms in total. The van der Waals surface area contributed by atoms with Gasteiger partial charge in [0.2, 0.25) is 5.91 Å². The monoisotopic (exact) mass is 409 g/mol. The van der Waals surface area contributed by atoms with Crippen molar-refractivity contribution in [1.29, 1.82) is 0 Å². The van der Waals surface area contributed by atoms with Crippen LogP contribution < -0.4 is 11.1 Å². The van der Waals surface area contributed by atoms with E-state index in [1.807, 2.05) is 36.4 Å². The highest BCUT2D eigenvalue weighted by Gasteiger charge is 2.29. The van der Waals surface area contributed by atoms with Crippen LogP contribution in [-0.4, -0.2) is 23.9 Å². The second-order valence-electron chi connectivity index (χ2n) is 7.05. The first-order chi connectivity index (χ1) is 12.1. The second-order valence-corrected chi connectivity index (χ2v) is 7.05. The zero-order valence-electron chi connectivity index (χ0n) is 15.7. The molecule has 6 heteroatoms. The van der Waals surface area contributed by atoms with Crippen molar-refractivity contribution in [3.63, 3.8) is 0 Å². The summed E-state index contributed by atoms with van der Waals surface area (Å²) >= 11 is 0. The van der Waals surface area contributed by atoms with E-state index in [0.717, 1.165) is 17.7 Å². The summed E-state index contributed by atoms with van der Waals surface area (Å²) in [5.74, 6) is -0.163. The minimum absolute atomic E-state index is 0. The molecule has 1 heterocycles. The number of nitrogens with zero attached hydrogens (tertiary/aromatic N) is 1. The highest BCUT2D eigenvalue weighted by molar-refractivity contribution is 5.87. The molecule has 0 saturated carbocycles. The molecular formula is C21H29Cl2N3O. The van der Waals surface area contributed by atoms with Crippen LogP contribution in [0.5, 0.6) is 0 Å². The lowest BCUT2D eigenvalue weighted by Crippen LogP contribution is -2.48. The Hall–Kier alpha value is -1.59. The number of rotatable bonds is 6. The predicted molar refractivity (Wildman–Crippen MR) is 115 cm³/mol. The van der Waals surface area contributed by atoms with Crippen LogP contribution >= 0.6 is 24.8 Å². The highest BCUT2D eigenvalue weighted by atomic mass is 35.5. The van der Waals surface area contributed by atoms with Gasteiger partial charge in [-0.15, -0.1) is 24.8 Å². The standard InChI is InChI=1S/C21H27N3O.2ClH/c1-21(22,19-10-3-2-4-11-19)20(25)23-15-17-8-7-9-18(14-17)16-24-12-5-6-13-24;;/h2-4,7-11,14H,5-6,12-13,15-16,22H2,1H3,(H,23,25);2*1H. The third kappa shape index (κ3) is 6.22. The fourth-order valence-corrected chi connectivity index (χ4v) is 3.32. The minimum Gasteiger partial charge on any atom is -0.350 e. The van der Waals surface area contributed by atoms with E-state index in [4.69, 9.17) is 5.73 Å². The van der Waals surface area contributed by atoms with E-state index in [1.54, 1.807) is 6.92 Å². The zero-order valence-corrected chi connectivity index (χ0v) is 17.3. The normalized spacial score (nSPS) is 15.9. The van der Waals surface area contributed by atoms with E-state index in [9.17, 15) is 4.79 Å². The van der Waals surface area contributed by atoms with Crippen LogP contribution in [0.1, 0.15) is 36.5 Å². The molecule has 148 valence electrons. The van der Waals surface area contributed by atoms with Gasteiger partial charge >= 0.3 is 0 Å². The van der Waals surface area contributed by atoms with Gasteiger partial charge in [-0.1, -0.05) is 54.6 Å². The molecule has 1 aliphatic rings. The third-order valence-electron chi connectivity index (χ3n) is 4.89. The predicted octanol–water partition coefficient (Wildman–Crippen LogP) is 3.62. The maximum absolute atomic E-state index is 12.6. The van der Waals surface area contributed by atoms with Gasteiger partial charge in [-0.2, -0.15) is 0 Å². The summed E-state index contributed by atoms with van der Waals surface area (Å²) in [6.07, 6.45) is 2.59. The Balaban J connectivity index is 0.00000182. The molecule has 0 aliphatic carbocycles. The van der Waals surface area contributed by atoms with E-state index in [0.29, 0.717) is 6.54 Å². The lowest BCUT2D eigenvalue weighted by Gasteiger charge is -2.24. The Kier molecular flexibility index (Phi) is 9.27. The molecule has 1 saturated heterocycles. The van der Waals surface area contributed by atoms with Crippen molar-refractivity contribution in [2.75, 3.05) is 13.1 Å². The number of amides is 1. The summed E-state index contributed by atoms with van der Waals surface area (Å²) in [4.78, 5) is 15.0. The van der Waals surface area contributed by atoms with Gasteiger partial charge in [0.15, 0.2) is 0 Å². The van der Waals surface area contributed by atoms with Gasteiger partial charge in [-0.25, -0.2) is 0 Å². The maximum atomic E-state index is 12.6. The fourth-order valence-electron chi connectivity index (χ4n) is 3.32. The Morgan fingerprint density at radius 1 is 1.04 bits per heavy atom. The Bertz CT molecular complexity index is 716. The number of carbonyl (C=O) groups is 1. The number of halogens is 2. The number of hydrogen-bond donors (Lipinski definition) is 2. The largest absolute Gasteiger partial charge is 0.350 e. The van der Waals surface area contributed by atoms with Crippen molar-refractivity contribution >= 4 is 30.7 Å². The lowest BCUT2D eigenvalue weighted by atomic mass is 9.92. The van der Waals surface area contributed by atoms with Gasteiger partial charge in [0, 0.05) is 13.1 Å². The van der Waals surface area contributed by atoms with Crippen LogP contribution in [0.25, 0.3) is 0 Å². The van der Waals surface area contributed by atoms with E-state index < -0.39 is 5.54 Å². The number of benzene rings is 2. The summed E-state index contributed by atoms with van der Waals surface area (Å²) in [7, 11) is 0. The highest BCUT2D eigenvalue weighted by Crippen LogP contribution is 2.18. The molecule has 2 aromatic carbocycles. The summed E-state index contributed by atoms with van der Waals surface area (Å²) in [5.41, 5.74) is 8.45. The number of likely N-dealkylation sites (tertiary alicyclic amines) is 1. The van der Waals surface area contributed by atoms with Crippen LogP contribution in [0, 0.1) is 0 Å². The van der Waals surface area contributed by atoms with Gasteiger partial charge in [0.25, 0.3) is 0 Å². The van der Waals surface area contributed by atoms with Crippen molar-refractivity contribution in [2.45, 2.75) is 38.4 Å². The topological polar surface area (TPSA) is 58.4 Å². The average Bonchev–Trinajstić information content (AvgIpc) is 3.13. The van der Waals surface area contributed by atoms with Crippen molar-refractivity contribution in [3.8, 4) is 0 Å². The molecule has 27 heavy (non-hydrogen) atoms. The first-order valence-electron chi connectivity index (χ1n) is 8.98. The van der Waals surface area contributed by atoms with Crippen LogP contribution in [0.3, 0.4) is 0 Å². The van der Waals surface area contributed by atoms with Crippen LogP contribution in [-0.2, 0) is 23.4 Å². The van der Waals surface area contributed by atoms with Crippen LogP contribution in [0.2, 0.25) is 0 Å². The average molecular weight is 410 g/mol. The van der Waals surface area contributed by atoms with E-state index in [-0.39, 0.29) is 30.7 Å². The number of hydrogen-bond acceptors (Lipinski definition) is 3. The quantitative estimate of drug-likeness (QED) is 0.765. The molecule has 1 aliphatic heterocycles. The maximum Gasteiger partial charge on any atom is 0.244 e. The molecule has 0 spiro atoms. The van der Waals surface area contributed by atoms with Crippen molar-refractivity contribution in [2.24, 2.45) is 5.73 Å². The van der Waals surface area contributed by atoms with Crippen LogP contribution in [0.4, 0.5) is 0 Å². The van der Waals surface area contributed by atoms with Crippen molar-refractivity contribution in [3.05, 3.63) is 71.3 Å². The minimum atomic E-state index is -1.03. The van der Waals surface area contributed by atoms with Crippen molar-refractivity contribution in [1.82, 2.24) is 10.2 Å². The molecule has 1 fully saturated rings. The second kappa shape index (κ2) is 10.7. The number of carbonyl (C=O) groups excluding carboxylic acids is 1. The molecule has 3 N–H and O–H groups in total. The molecule has 0 bridgehead atoms.